The number of hydrogen-bond acceptors (Lipinski definition) is 4. The highest BCUT2D eigenvalue weighted by molar-refractivity contribution is 5.63. The van der Waals surface area contributed by atoms with Gasteiger partial charge in [-0.15, -0.1) is 0 Å². The fourth-order valence-electron chi connectivity index (χ4n) is 2.09. The third-order valence-corrected chi connectivity index (χ3v) is 3.25. The van der Waals surface area contributed by atoms with E-state index in [4.69, 9.17) is 5.73 Å². The highest BCUT2D eigenvalue weighted by Gasteiger charge is 2.25. The maximum Gasteiger partial charge on any atom is 0.151 e. The summed E-state index contributed by atoms with van der Waals surface area (Å²) < 4.78 is 0. The van der Waals surface area contributed by atoms with Crippen molar-refractivity contribution in [2.45, 2.75) is 26.4 Å². The van der Waals surface area contributed by atoms with Crippen LogP contribution in [-0.2, 0) is 0 Å². The van der Waals surface area contributed by atoms with Crippen LogP contribution in [0.3, 0.4) is 0 Å². The lowest BCUT2D eigenvalue weighted by Gasteiger charge is -2.35. The summed E-state index contributed by atoms with van der Waals surface area (Å²) in [6.45, 7) is 5.59. The van der Waals surface area contributed by atoms with Gasteiger partial charge in [-0.2, -0.15) is 0 Å². The summed E-state index contributed by atoms with van der Waals surface area (Å²) in [6.07, 6.45) is 2.52. The molecular formula is C12H19N3O. The molecule has 1 aromatic heterocycles. The number of rotatable bonds is 1. The molecule has 2 unspecified atom stereocenters. The van der Waals surface area contributed by atoms with Crippen molar-refractivity contribution in [3.05, 3.63) is 17.8 Å². The van der Waals surface area contributed by atoms with Crippen LogP contribution in [0.1, 0.15) is 18.9 Å². The van der Waals surface area contributed by atoms with E-state index in [9.17, 15) is 5.11 Å². The first-order valence-corrected chi connectivity index (χ1v) is 5.73. The smallest absolute Gasteiger partial charge is 0.151 e. The summed E-state index contributed by atoms with van der Waals surface area (Å²) in [5, 5.41) is 9.84. The van der Waals surface area contributed by atoms with Gasteiger partial charge in [0.1, 0.15) is 0 Å². The van der Waals surface area contributed by atoms with E-state index in [2.05, 4.69) is 16.8 Å². The van der Waals surface area contributed by atoms with E-state index in [1.165, 1.54) is 0 Å². The third kappa shape index (κ3) is 2.11. The van der Waals surface area contributed by atoms with Gasteiger partial charge < -0.3 is 15.7 Å². The van der Waals surface area contributed by atoms with E-state index in [0.717, 1.165) is 24.3 Å². The second-order valence-corrected chi connectivity index (χ2v) is 4.70. The van der Waals surface area contributed by atoms with Crippen LogP contribution in [0, 0.1) is 12.8 Å². The number of aliphatic hydroxyl groups excluding tert-OH is 1. The van der Waals surface area contributed by atoms with Gasteiger partial charge in [0, 0.05) is 19.3 Å². The average molecular weight is 221 g/mol. The number of aliphatic hydroxyl groups is 1. The summed E-state index contributed by atoms with van der Waals surface area (Å²) in [5.41, 5.74) is 7.70. The number of anilines is 2. The normalized spacial score (nSPS) is 25.8. The number of aryl methyl sites for hydroxylation is 1. The lowest BCUT2D eigenvalue weighted by Crippen LogP contribution is -2.43. The molecule has 4 nitrogen and oxygen atoms in total. The predicted octanol–water partition coefficient (Wildman–Crippen LogP) is 1.18. The van der Waals surface area contributed by atoms with Gasteiger partial charge in [-0.3, -0.25) is 0 Å². The van der Waals surface area contributed by atoms with E-state index >= 15 is 0 Å². The van der Waals surface area contributed by atoms with E-state index in [1.807, 2.05) is 19.2 Å². The predicted molar refractivity (Wildman–Crippen MR) is 65.4 cm³/mol. The van der Waals surface area contributed by atoms with Crippen molar-refractivity contribution in [1.82, 2.24) is 4.98 Å². The summed E-state index contributed by atoms with van der Waals surface area (Å²) in [6, 6.07) is 1.92. The maximum atomic E-state index is 9.84. The summed E-state index contributed by atoms with van der Waals surface area (Å²) in [7, 11) is 0. The molecule has 0 aliphatic carbocycles. The summed E-state index contributed by atoms with van der Waals surface area (Å²) in [5.74, 6) is 1.17. The van der Waals surface area contributed by atoms with Crippen LogP contribution in [0.15, 0.2) is 12.3 Å². The van der Waals surface area contributed by atoms with Crippen molar-refractivity contribution in [2.75, 3.05) is 23.7 Å². The van der Waals surface area contributed by atoms with Crippen LogP contribution in [-0.4, -0.2) is 29.3 Å². The molecule has 2 atom stereocenters. The summed E-state index contributed by atoms with van der Waals surface area (Å²) >= 11 is 0. The molecule has 0 aromatic carbocycles. The highest BCUT2D eigenvalue weighted by atomic mass is 16.3. The Morgan fingerprint density at radius 3 is 2.94 bits per heavy atom. The Morgan fingerprint density at radius 2 is 2.31 bits per heavy atom. The molecule has 0 saturated carbocycles. The molecule has 1 aliphatic heterocycles. The lowest BCUT2D eigenvalue weighted by atomic mass is 9.96. The number of β-amino-alcohol motifs (C(OH)–C–C–N with tert-alkyl or cyclic N) is 1. The van der Waals surface area contributed by atoms with Crippen molar-refractivity contribution in [3.63, 3.8) is 0 Å². The molecule has 0 radical (unpaired) electrons. The molecule has 1 fully saturated rings. The zero-order valence-electron chi connectivity index (χ0n) is 9.85. The van der Waals surface area contributed by atoms with E-state index in [0.29, 0.717) is 18.2 Å². The fraction of sp³-hybridized carbons (Fsp3) is 0.583. The van der Waals surface area contributed by atoms with Crippen LogP contribution in [0.25, 0.3) is 0 Å². The minimum Gasteiger partial charge on any atom is -0.396 e. The minimum atomic E-state index is -0.281. The number of nitrogen functional groups attached to an aromatic ring is 1. The Labute approximate surface area is 96.1 Å². The first-order valence-electron chi connectivity index (χ1n) is 5.73. The molecule has 3 N–H and O–H groups in total. The maximum absolute atomic E-state index is 9.84. The average Bonchev–Trinajstić information content (AvgIpc) is 2.22. The Balaban J connectivity index is 2.18. The molecule has 4 heteroatoms. The zero-order valence-corrected chi connectivity index (χ0v) is 9.85. The number of pyridine rings is 1. The molecule has 1 aliphatic rings. The Hall–Kier alpha value is -1.29. The van der Waals surface area contributed by atoms with Crippen LogP contribution in [0.4, 0.5) is 11.5 Å². The topological polar surface area (TPSA) is 62.4 Å². The largest absolute Gasteiger partial charge is 0.396 e. The number of nitrogens with two attached hydrogens (primary N) is 1. The van der Waals surface area contributed by atoms with Gasteiger partial charge in [0.15, 0.2) is 5.82 Å². The first-order chi connectivity index (χ1) is 7.58. The van der Waals surface area contributed by atoms with Crippen LogP contribution >= 0.6 is 0 Å². The van der Waals surface area contributed by atoms with Crippen LogP contribution < -0.4 is 10.6 Å². The van der Waals surface area contributed by atoms with Crippen LogP contribution in [0.2, 0.25) is 0 Å². The molecule has 2 heterocycles. The first kappa shape index (κ1) is 11.2. The van der Waals surface area contributed by atoms with Gasteiger partial charge in [0.2, 0.25) is 0 Å². The van der Waals surface area contributed by atoms with Gasteiger partial charge >= 0.3 is 0 Å². The molecule has 1 saturated heterocycles. The van der Waals surface area contributed by atoms with E-state index in [1.54, 1.807) is 0 Å². The lowest BCUT2D eigenvalue weighted by molar-refractivity contribution is 0.102. The van der Waals surface area contributed by atoms with Crippen molar-refractivity contribution < 1.29 is 5.11 Å². The number of hydrogen-bond donors (Lipinski definition) is 2. The molecule has 16 heavy (non-hydrogen) atoms. The fourth-order valence-corrected chi connectivity index (χ4v) is 2.09. The van der Waals surface area contributed by atoms with Crippen molar-refractivity contribution in [3.8, 4) is 0 Å². The Kier molecular flexibility index (Phi) is 3.01. The molecule has 1 aromatic rings. The Morgan fingerprint density at radius 1 is 1.56 bits per heavy atom. The van der Waals surface area contributed by atoms with Crippen molar-refractivity contribution in [2.24, 2.45) is 5.92 Å². The van der Waals surface area contributed by atoms with Crippen molar-refractivity contribution in [1.29, 1.82) is 0 Å². The van der Waals surface area contributed by atoms with Crippen molar-refractivity contribution >= 4 is 11.5 Å². The molecule has 2 rings (SSSR count). The summed E-state index contributed by atoms with van der Waals surface area (Å²) in [4.78, 5) is 6.42. The quantitative estimate of drug-likeness (QED) is 0.747. The van der Waals surface area contributed by atoms with Gasteiger partial charge in [-0.1, -0.05) is 6.92 Å². The molecular weight excluding hydrogens is 202 g/mol. The second-order valence-electron chi connectivity index (χ2n) is 4.70. The van der Waals surface area contributed by atoms with Gasteiger partial charge in [-0.25, -0.2) is 4.98 Å². The van der Waals surface area contributed by atoms with E-state index in [-0.39, 0.29) is 6.10 Å². The minimum absolute atomic E-state index is 0.281. The van der Waals surface area contributed by atoms with Crippen LogP contribution in [0.5, 0.6) is 0 Å². The molecule has 88 valence electrons. The van der Waals surface area contributed by atoms with E-state index < -0.39 is 0 Å². The molecule has 0 amide bonds. The zero-order chi connectivity index (χ0) is 11.7. The highest BCUT2D eigenvalue weighted by Crippen LogP contribution is 2.26. The number of piperidine rings is 1. The van der Waals surface area contributed by atoms with Gasteiger partial charge in [0.25, 0.3) is 0 Å². The monoisotopic (exact) mass is 221 g/mol. The standard InChI is InChI=1S/C12H19N3O/c1-8-5-10(13)12(14-6-8)15-4-3-9(2)11(16)7-15/h5-6,9,11,16H,3-4,7,13H2,1-2H3. The SMILES string of the molecule is Cc1cnc(N2CCC(C)C(O)C2)c(N)c1. The van der Waals surface area contributed by atoms with Gasteiger partial charge in [-0.05, 0) is 30.9 Å². The third-order valence-electron chi connectivity index (χ3n) is 3.25. The molecule has 0 spiro atoms. The Bertz CT molecular complexity index is 381. The molecule has 0 bridgehead atoms. The number of nitrogens with zero attached hydrogens (tertiary/aromatic N) is 2. The number of aromatic nitrogens is 1. The second kappa shape index (κ2) is 4.29. The van der Waals surface area contributed by atoms with Gasteiger partial charge in [0.05, 0.1) is 11.8 Å².